The SMILES string of the molecule is N#Cc1ccccc1CSCCNC(=O)c1cnn(Cc2ccccc2)c1. The third-order valence-electron chi connectivity index (χ3n) is 4.01. The number of aromatic nitrogens is 2. The molecule has 0 radical (unpaired) electrons. The standard InChI is InChI=1S/C21H20N4OS/c22-12-18-8-4-5-9-19(18)16-27-11-10-23-21(26)20-13-24-25(15-20)14-17-6-2-1-3-7-17/h1-9,13,15H,10-11,14,16H2,(H,23,26). The first-order valence-electron chi connectivity index (χ1n) is 8.66. The normalized spacial score (nSPS) is 10.3. The third kappa shape index (κ3) is 5.47. The van der Waals surface area contributed by atoms with E-state index in [1.165, 1.54) is 0 Å². The molecule has 0 saturated carbocycles. The molecule has 0 aliphatic heterocycles. The molecular formula is C21H20N4OS. The van der Waals surface area contributed by atoms with Crippen LogP contribution in [0.1, 0.15) is 27.0 Å². The number of carbonyl (C=O) groups excluding carboxylic acids is 1. The van der Waals surface area contributed by atoms with E-state index in [2.05, 4.69) is 16.5 Å². The van der Waals surface area contributed by atoms with Crippen LogP contribution in [0.4, 0.5) is 0 Å². The molecule has 0 fully saturated rings. The van der Waals surface area contributed by atoms with Gasteiger partial charge in [-0.1, -0.05) is 48.5 Å². The Morgan fingerprint density at radius 2 is 1.93 bits per heavy atom. The number of hydrogen-bond acceptors (Lipinski definition) is 4. The highest BCUT2D eigenvalue weighted by Gasteiger charge is 2.08. The van der Waals surface area contributed by atoms with E-state index in [9.17, 15) is 4.79 Å². The molecule has 27 heavy (non-hydrogen) atoms. The molecular weight excluding hydrogens is 356 g/mol. The maximum Gasteiger partial charge on any atom is 0.254 e. The average Bonchev–Trinajstić information content (AvgIpc) is 3.17. The predicted octanol–water partition coefficient (Wildman–Crippen LogP) is 3.47. The van der Waals surface area contributed by atoms with E-state index in [1.807, 2.05) is 54.6 Å². The quantitative estimate of drug-likeness (QED) is 0.611. The number of carbonyl (C=O) groups is 1. The Bertz CT molecular complexity index is 931. The zero-order chi connectivity index (χ0) is 18.9. The van der Waals surface area contributed by atoms with Crippen LogP contribution in [0, 0.1) is 11.3 Å². The van der Waals surface area contributed by atoms with Crippen LogP contribution in [0.3, 0.4) is 0 Å². The van der Waals surface area contributed by atoms with Crippen molar-refractivity contribution in [1.29, 1.82) is 5.26 Å². The summed E-state index contributed by atoms with van der Waals surface area (Å²) in [5.74, 6) is 1.42. The Balaban J connectivity index is 1.41. The largest absolute Gasteiger partial charge is 0.351 e. The number of rotatable bonds is 8. The summed E-state index contributed by atoms with van der Waals surface area (Å²) in [5, 5.41) is 16.3. The minimum absolute atomic E-state index is 0.118. The fourth-order valence-corrected chi connectivity index (χ4v) is 3.48. The number of hydrogen-bond donors (Lipinski definition) is 1. The number of nitriles is 1. The number of benzene rings is 2. The highest BCUT2D eigenvalue weighted by molar-refractivity contribution is 7.98. The lowest BCUT2D eigenvalue weighted by Crippen LogP contribution is -2.25. The highest BCUT2D eigenvalue weighted by Crippen LogP contribution is 2.15. The number of nitrogens with zero attached hydrogens (tertiary/aromatic N) is 3. The van der Waals surface area contributed by atoms with Gasteiger partial charge in [-0.15, -0.1) is 0 Å². The van der Waals surface area contributed by atoms with Crippen LogP contribution in [0.25, 0.3) is 0 Å². The first-order valence-corrected chi connectivity index (χ1v) is 9.82. The average molecular weight is 376 g/mol. The summed E-state index contributed by atoms with van der Waals surface area (Å²) in [4.78, 5) is 12.2. The second-order valence-electron chi connectivity index (χ2n) is 5.99. The van der Waals surface area contributed by atoms with Crippen molar-refractivity contribution in [3.05, 3.63) is 89.2 Å². The second kappa shape index (κ2) is 9.60. The molecule has 3 rings (SSSR count). The molecule has 136 valence electrons. The number of amides is 1. The second-order valence-corrected chi connectivity index (χ2v) is 7.09. The van der Waals surface area contributed by atoms with Crippen LogP contribution in [0.15, 0.2) is 67.0 Å². The van der Waals surface area contributed by atoms with Gasteiger partial charge in [-0.3, -0.25) is 9.48 Å². The molecule has 1 amide bonds. The van der Waals surface area contributed by atoms with Gasteiger partial charge >= 0.3 is 0 Å². The first-order chi connectivity index (χ1) is 13.3. The molecule has 1 aromatic heterocycles. The van der Waals surface area contributed by atoms with Crippen molar-refractivity contribution in [2.75, 3.05) is 12.3 Å². The molecule has 0 aliphatic rings. The number of nitrogens with one attached hydrogen (secondary N) is 1. The smallest absolute Gasteiger partial charge is 0.254 e. The van der Waals surface area contributed by atoms with Crippen molar-refractivity contribution < 1.29 is 4.79 Å². The molecule has 0 bridgehead atoms. The van der Waals surface area contributed by atoms with Crippen molar-refractivity contribution in [3.63, 3.8) is 0 Å². The molecule has 5 nitrogen and oxygen atoms in total. The van der Waals surface area contributed by atoms with Gasteiger partial charge in [0.2, 0.25) is 0 Å². The maximum absolute atomic E-state index is 12.2. The summed E-state index contributed by atoms with van der Waals surface area (Å²) >= 11 is 1.69. The van der Waals surface area contributed by atoms with Crippen molar-refractivity contribution in [2.45, 2.75) is 12.3 Å². The van der Waals surface area contributed by atoms with Crippen LogP contribution in [0.2, 0.25) is 0 Å². The monoisotopic (exact) mass is 376 g/mol. The van der Waals surface area contributed by atoms with E-state index in [4.69, 9.17) is 5.26 Å². The molecule has 0 unspecified atom stereocenters. The van der Waals surface area contributed by atoms with Crippen molar-refractivity contribution in [2.24, 2.45) is 0 Å². The molecule has 0 atom stereocenters. The Morgan fingerprint density at radius 3 is 2.74 bits per heavy atom. The summed E-state index contributed by atoms with van der Waals surface area (Å²) in [7, 11) is 0. The van der Waals surface area contributed by atoms with Gasteiger partial charge in [0.05, 0.1) is 29.9 Å². The fourth-order valence-electron chi connectivity index (χ4n) is 2.61. The summed E-state index contributed by atoms with van der Waals surface area (Å²) in [5.41, 5.74) is 3.44. The molecule has 0 spiro atoms. The van der Waals surface area contributed by atoms with E-state index in [-0.39, 0.29) is 5.91 Å². The zero-order valence-electron chi connectivity index (χ0n) is 14.8. The van der Waals surface area contributed by atoms with Crippen LogP contribution >= 0.6 is 11.8 Å². The summed E-state index contributed by atoms with van der Waals surface area (Å²) in [6.07, 6.45) is 3.35. The summed E-state index contributed by atoms with van der Waals surface area (Å²) in [6.45, 7) is 1.21. The Hall–Kier alpha value is -3.04. The van der Waals surface area contributed by atoms with E-state index in [0.717, 1.165) is 22.6 Å². The Kier molecular flexibility index (Phi) is 6.66. The minimum Gasteiger partial charge on any atom is -0.351 e. The maximum atomic E-state index is 12.2. The van der Waals surface area contributed by atoms with Crippen LogP contribution in [-0.2, 0) is 12.3 Å². The van der Waals surface area contributed by atoms with Gasteiger partial charge in [-0.25, -0.2) is 0 Å². The van der Waals surface area contributed by atoms with Crippen molar-refractivity contribution >= 4 is 17.7 Å². The third-order valence-corrected chi connectivity index (χ3v) is 5.02. The minimum atomic E-state index is -0.118. The molecule has 0 saturated heterocycles. The molecule has 3 aromatic rings. The van der Waals surface area contributed by atoms with Crippen LogP contribution in [-0.4, -0.2) is 28.0 Å². The lowest BCUT2D eigenvalue weighted by atomic mass is 10.1. The topological polar surface area (TPSA) is 70.7 Å². The summed E-state index contributed by atoms with van der Waals surface area (Å²) < 4.78 is 1.76. The first kappa shape index (κ1) is 18.7. The van der Waals surface area contributed by atoms with E-state index < -0.39 is 0 Å². The van der Waals surface area contributed by atoms with E-state index in [1.54, 1.807) is 28.8 Å². The summed E-state index contributed by atoms with van der Waals surface area (Å²) in [6, 6.07) is 19.8. The molecule has 0 aliphatic carbocycles. The van der Waals surface area contributed by atoms with Gasteiger partial charge in [-0.05, 0) is 17.2 Å². The zero-order valence-corrected chi connectivity index (χ0v) is 15.7. The van der Waals surface area contributed by atoms with Gasteiger partial charge in [0.1, 0.15) is 0 Å². The molecule has 1 heterocycles. The van der Waals surface area contributed by atoms with Crippen LogP contribution < -0.4 is 5.32 Å². The predicted molar refractivity (Wildman–Crippen MR) is 107 cm³/mol. The Labute approximate surface area is 163 Å². The molecule has 1 N–H and O–H groups in total. The molecule has 2 aromatic carbocycles. The number of thioether (sulfide) groups is 1. The van der Waals surface area contributed by atoms with Crippen LogP contribution in [0.5, 0.6) is 0 Å². The molecule has 6 heteroatoms. The fraction of sp³-hybridized carbons (Fsp3) is 0.190. The van der Waals surface area contributed by atoms with Gasteiger partial charge < -0.3 is 5.32 Å². The Morgan fingerprint density at radius 1 is 1.15 bits per heavy atom. The lowest BCUT2D eigenvalue weighted by Gasteiger charge is -2.05. The lowest BCUT2D eigenvalue weighted by molar-refractivity contribution is 0.0956. The van der Waals surface area contributed by atoms with Gasteiger partial charge in [-0.2, -0.15) is 22.1 Å². The van der Waals surface area contributed by atoms with Gasteiger partial charge in [0.25, 0.3) is 5.91 Å². The highest BCUT2D eigenvalue weighted by atomic mass is 32.2. The van der Waals surface area contributed by atoms with E-state index in [0.29, 0.717) is 24.2 Å². The van der Waals surface area contributed by atoms with Gasteiger partial charge in [0, 0.05) is 24.2 Å². The van der Waals surface area contributed by atoms with Gasteiger partial charge in [0.15, 0.2) is 0 Å². The van der Waals surface area contributed by atoms with Crippen molar-refractivity contribution in [1.82, 2.24) is 15.1 Å². The van der Waals surface area contributed by atoms with E-state index >= 15 is 0 Å². The van der Waals surface area contributed by atoms with Crippen molar-refractivity contribution in [3.8, 4) is 6.07 Å².